The van der Waals surface area contributed by atoms with E-state index < -0.39 is 20.0 Å². The van der Waals surface area contributed by atoms with Crippen molar-refractivity contribution in [2.24, 2.45) is 0 Å². The maximum absolute atomic E-state index is 13.3. The highest BCUT2D eigenvalue weighted by Crippen LogP contribution is 2.24. The molecule has 6 rings (SSSR count). The van der Waals surface area contributed by atoms with Crippen LogP contribution in [-0.2, 0) is 52.8 Å². The molecule has 2 aromatic heterocycles. The summed E-state index contributed by atoms with van der Waals surface area (Å²) in [6.45, 7) is 0.889. The Morgan fingerprint density at radius 3 is 1.25 bits per heavy atom. The summed E-state index contributed by atoms with van der Waals surface area (Å²) >= 11 is 0. The lowest BCUT2D eigenvalue weighted by Gasteiger charge is -2.22. The second kappa shape index (κ2) is 19.9. The highest BCUT2D eigenvalue weighted by Gasteiger charge is 2.28. The van der Waals surface area contributed by atoms with Crippen LogP contribution in [0.15, 0.2) is 132 Å². The summed E-state index contributed by atoms with van der Waals surface area (Å²) in [7, 11) is -1.26. The Kier molecular flexibility index (Phi) is 14.8. The van der Waals surface area contributed by atoms with E-state index in [1.807, 2.05) is 72.8 Å². The van der Waals surface area contributed by atoms with Crippen molar-refractivity contribution in [1.82, 2.24) is 28.6 Å². The molecular weight excluding hydrogens is 773 g/mol. The van der Waals surface area contributed by atoms with Gasteiger partial charge in [-0.2, -0.15) is 18.8 Å². The van der Waals surface area contributed by atoms with E-state index >= 15 is 0 Å². The number of rotatable bonds is 18. The minimum absolute atomic E-state index is 0.0574. The van der Waals surface area contributed by atoms with Crippen LogP contribution in [0.3, 0.4) is 0 Å². The lowest BCUT2D eigenvalue weighted by Crippen LogP contribution is -2.30. The summed E-state index contributed by atoms with van der Waals surface area (Å²) in [6, 6.07) is 32.0. The number of aliphatic hydroxyl groups is 1. The van der Waals surface area contributed by atoms with Crippen LogP contribution in [0.25, 0.3) is 0 Å². The van der Waals surface area contributed by atoms with Gasteiger partial charge in [0.1, 0.15) is 23.0 Å². The van der Waals surface area contributed by atoms with Crippen molar-refractivity contribution in [3.63, 3.8) is 0 Å². The number of nitrogens with one attached hydrogen (secondary N) is 1. The number of aromatic nitrogens is 4. The molecule has 0 aliphatic carbocycles. The molecule has 0 radical (unpaired) electrons. The molecule has 0 unspecified atom stereocenters. The average molecular weight is 819 g/mol. The molecule has 0 aliphatic heterocycles. The Balaban J connectivity index is 0.000000219. The van der Waals surface area contributed by atoms with Crippen molar-refractivity contribution >= 4 is 20.0 Å². The number of hydrogen-bond acceptors (Lipinski definition) is 11. The molecule has 302 valence electrons. The molecule has 0 spiro atoms. The largest absolute Gasteiger partial charge is 0.497 e. The molecular formula is C40H46N6O9S2. The fourth-order valence-corrected chi connectivity index (χ4v) is 8.22. The van der Waals surface area contributed by atoms with E-state index in [-0.39, 0.29) is 49.4 Å². The van der Waals surface area contributed by atoms with E-state index in [1.54, 1.807) is 58.9 Å². The molecule has 0 saturated carbocycles. The number of aliphatic hydroxyl groups excluding tert-OH is 1. The number of hydrogen-bond donors (Lipinski definition) is 2. The first kappa shape index (κ1) is 42.4. The van der Waals surface area contributed by atoms with Gasteiger partial charge < -0.3 is 24.1 Å². The van der Waals surface area contributed by atoms with Crippen LogP contribution in [0.1, 0.15) is 22.3 Å². The van der Waals surface area contributed by atoms with Crippen LogP contribution >= 0.6 is 0 Å². The molecule has 0 bridgehead atoms. The predicted octanol–water partition coefficient (Wildman–Crippen LogP) is 5.10. The molecule has 0 atom stereocenters. The fourth-order valence-electron chi connectivity index (χ4n) is 5.56. The molecule has 2 heterocycles. The van der Waals surface area contributed by atoms with Crippen molar-refractivity contribution in [3.8, 4) is 23.0 Å². The number of H-pyrrole nitrogens is 1. The Hall–Kier alpha value is -5.72. The van der Waals surface area contributed by atoms with Gasteiger partial charge >= 0.3 is 0 Å². The molecule has 0 saturated heterocycles. The molecule has 4 aromatic carbocycles. The number of nitrogens with zero attached hydrogens (tertiary/aromatic N) is 5. The van der Waals surface area contributed by atoms with Crippen molar-refractivity contribution in [2.45, 2.75) is 42.8 Å². The lowest BCUT2D eigenvalue weighted by atomic mass is 10.2. The number of ether oxygens (including phenoxy) is 4. The Morgan fingerprint density at radius 1 is 0.561 bits per heavy atom. The van der Waals surface area contributed by atoms with E-state index in [0.717, 1.165) is 33.8 Å². The van der Waals surface area contributed by atoms with Crippen LogP contribution in [0.4, 0.5) is 0 Å². The van der Waals surface area contributed by atoms with Gasteiger partial charge in [-0.3, -0.25) is 9.78 Å². The molecule has 17 heteroatoms. The predicted molar refractivity (Wildman–Crippen MR) is 213 cm³/mol. The molecule has 0 fully saturated rings. The summed E-state index contributed by atoms with van der Waals surface area (Å²) in [5.74, 6) is 2.84. The number of benzene rings is 4. The van der Waals surface area contributed by atoms with Gasteiger partial charge in [-0.15, -0.1) is 0 Å². The first-order valence-corrected chi connectivity index (χ1v) is 20.5. The van der Waals surface area contributed by atoms with Crippen molar-refractivity contribution in [2.75, 3.05) is 35.0 Å². The third kappa shape index (κ3) is 11.4. The van der Waals surface area contributed by atoms with Gasteiger partial charge in [0.25, 0.3) is 20.0 Å². The average Bonchev–Trinajstić information content (AvgIpc) is 3.96. The van der Waals surface area contributed by atoms with Crippen LogP contribution in [0.5, 0.6) is 23.0 Å². The molecule has 0 amide bonds. The normalized spacial score (nSPS) is 11.6. The number of sulfonamides is 2. The van der Waals surface area contributed by atoms with Gasteiger partial charge in [0.15, 0.2) is 10.1 Å². The highest BCUT2D eigenvalue weighted by molar-refractivity contribution is 7.89. The number of methoxy groups -OCH3 is 4. The van der Waals surface area contributed by atoms with E-state index in [4.69, 9.17) is 24.1 Å². The van der Waals surface area contributed by atoms with Crippen LogP contribution in [-0.4, -0.2) is 85.6 Å². The monoisotopic (exact) mass is 818 g/mol. The third-order valence-corrected chi connectivity index (χ3v) is 12.1. The van der Waals surface area contributed by atoms with Gasteiger partial charge in [0.2, 0.25) is 0 Å². The molecule has 6 aromatic rings. The van der Waals surface area contributed by atoms with Gasteiger partial charge in [-0.05, 0) is 82.9 Å². The Bertz CT molecular complexity index is 2240. The topological polar surface area (TPSA) is 178 Å². The smallest absolute Gasteiger partial charge is 0.262 e. The molecule has 2 N–H and O–H groups in total. The van der Waals surface area contributed by atoms with E-state index in [0.29, 0.717) is 11.5 Å². The second-order valence-electron chi connectivity index (χ2n) is 12.5. The zero-order valence-electron chi connectivity index (χ0n) is 32.1. The quantitative estimate of drug-likeness (QED) is 0.118. The van der Waals surface area contributed by atoms with Crippen LogP contribution in [0.2, 0.25) is 0 Å². The molecule has 15 nitrogen and oxygen atoms in total. The van der Waals surface area contributed by atoms with Gasteiger partial charge in [0, 0.05) is 32.4 Å². The van der Waals surface area contributed by atoms with Crippen molar-refractivity contribution in [3.05, 3.63) is 144 Å². The first-order chi connectivity index (χ1) is 27.5. The standard InChI is InChI=1S/C21H25N3O5S.C19H21N3O4S/c1-28-19-7-3-17(4-8-19)15-24(16-18-5-9-20(29-2)10-6-18)30(26,27)21-11-12-23(22-21)13-14-25;1-25-17-7-3-15(4-8-17)13-22(27(23,24)19-11-12-20-21-19)14-16-5-9-18(26-2)10-6-16/h3-12,25H,13-16H2,1-2H3;3-12H,13-14H2,1-2H3,(H,20,21). The zero-order valence-corrected chi connectivity index (χ0v) is 33.7. The summed E-state index contributed by atoms with van der Waals surface area (Å²) in [6.07, 6.45) is 2.97. The summed E-state index contributed by atoms with van der Waals surface area (Å²) < 4.78 is 77.7. The summed E-state index contributed by atoms with van der Waals surface area (Å²) in [4.78, 5) is 0. The highest BCUT2D eigenvalue weighted by atomic mass is 32.2. The Labute approximate surface area is 333 Å². The second-order valence-corrected chi connectivity index (χ2v) is 16.3. The van der Waals surface area contributed by atoms with E-state index in [1.165, 1.54) is 31.6 Å². The van der Waals surface area contributed by atoms with Crippen LogP contribution in [0, 0.1) is 0 Å². The van der Waals surface area contributed by atoms with E-state index in [2.05, 4.69) is 15.3 Å². The summed E-state index contributed by atoms with van der Waals surface area (Å²) in [5, 5.41) is 19.5. The minimum atomic E-state index is -3.87. The minimum Gasteiger partial charge on any atom is -0.497 e. The lowest BCUT2D eigenvalue weighted by molar-refractivity contribution is 0.268. The van der Waals surface area contributed by atoms with Crippen LogP contribution < -0.4 is 18.9 Å². The maximum atomic E-state index is 13.3. The van der Waals surface area contributed by atoms with Gasteiger partial charge in [-0.25, -0.2) is 16.8 Å². The van der Waals surface area contributed by atoms with Crippen molar-refractivity contribution < 1.29 is 40.9 Å². The van der Waals surface area contributed by atoms with E-state index in [9.17, 15) is 16.8 Å². The molecule has 0 aliphatic rings. The summed E-state index contributed by atoms with van der Waals surface area (Å²) in [5.41, 5.74) is 3.35. The SMILES string of the molecule is COc1ccc(CN(Cc2ccc(OC)cc2)S(=O)(=O)c2ccn(CCO)n2)cc1.COc1ccc(CN(Cc2ccc(OC)cc2)S(=O)(=O)c2ccn[nH]2)cc1. The van der Waals surface area contributed by atoms with Gasteiger partial charge in [0.05, 0.1) is 47.8 Å². The third-order valence-electron chi connectivity index (χ3n) is 8.71. The van der Waals surface area contributed by atoms with Crippen molar-refractivity contribution in [1.29, 1.82) is 0 Å². The fraction of sp³-hybridized carbons (Fsp3) is 0.250. The Morgan fingerprint density at radius 2 is 0.930 bits per heavy atom. The first-order valence-electron chi connectivity index (χ1n) is 17.6. The maximum Gasteiger partial charge on any atom is 0.262 e. The zero-order chi connectivity index (χ0) is 40.8. The molecule has 57 heavy (non-hydrogen) atoms. The van der Waals surface area contributed by atoms with Gasteiger partial charge in [-0.1, -0.05) is 48.5 Å². The number of aromatic amines is 1.